The third kappa shape index (κ3) is 6.34. The van der Waals surface area contributed by atoms with E-state index >= 15 is 0 Å². The lowest BCUT2D eigenvalue weighted by Crippen LogP contribution is -2.15. The number of pyridine rings is 1. The Morgan fingerprint density at radius 1 is 1.28 bits per heavy atom. The van der Waals surface area contributed by atoms with Gasteiger partial charge in [-0.05, 0) is 29.5 Å². The van der Waals surface area contributed by atoms with Crippen molar-refractivity contribution in [3.63, 3.8) is 0 Å². The highest BCUT2D eigenvalue weighted by molar-refractivity contribution is 6.32. The molecule has 32 heavy (non-hydrogen) atoms. The first-order valence-corrected chi connectivity index (χ1v) is 11.1. The van der Waals surface area contributed by atoms with Gasteiger partial charge in [0.25, 0.3) is 0 Å². The minimum Gasteiger partial charge on any atom is -0.492 e. The summed E-state index contributed by atoms with van der Waals surface area (Å²) in [6.45, 7) is 9.91. The number of rotatable bonds is 8. The molecule has 0 unspecified atom stereocenters. The molecule has 2 aromatic rings. The van der Waals surface area contributed by atoms with Gasteiger partial charge in [-0.1, -0.05) is 39.3 Å². The molecule has 1 aliphatic rings. The molecule has 2 heterocycles. The molecule has 1 aromatic carbocycles. The molecule has 1 fully saturated rings. The van der Waals surface area contributed by atoms with Gasteiger partial charge in [-0.3, -0.25) is 4.79 Å². The molecule has 176 valence electrons. The first-order valence-electron chi connectivity index (χ1n) is 10.7. The normalized spacial score (nSPS) is 16.9. The number of hydrogen-bond acceptors (Lipinski definition) is 5. The van der Waals surface area contributed by atoms with Gasteiger partial charge in [0, 0.05) is 43.7 Å². The molecule has 0 bridgehead atoms. The molecule has 3 rings (SSSR count). The van der Waals surface area contributed by atoms with Crippen molar-refractivity contribution in [3.05, 3.63) is 50.8 Å². The molecule has 0 spiro atoms. The molecule has 1 atom stereocenters. The van der Waals surface area contributed by atoms with Crippen LogP contribution in [0.15, 0.2) is 29.2 Å². The van der Waals surface area contributed by atoms with Gasteiger partial charge in [0.1, 0.15) is 11.3 Å². The number of H-pyrrole nitrogens is 1. The largest absolute Gasteiger partial charge is 0.492 e. The zero-order valence-corrected chi connectivity index (χ0v) is 20.0. The smallest absolute Gasteiger partial charge is 0.341 e. The van der Waals surface area contributed by atoms with Gasteiger partial charge in [0.15, 0.2) is 5.43 Å². The van der Waals surface area contributed by atoms with Gasteiger partial charge < -0.3 is 24.3 Å². The average molecular weight is 466 g/mol. The maximum atomic E-state index is 12.2. The number of halogens is 1. The van der Waals surface area contributed by atoms with Crippen molar-refractivity contribution in [2.24, 2.45) is 5.41 Å². The van der Waals surface area contributed by atoms with Crippen LogP contribution in [0.1, 0.15) is 62.6 Å². The predicted octanol–water partition coefficient (Wildman–Crippen LogP) is 5.32. The maximum absolute atomic E-state index is 12.2. The second-order valence-corrected chi connectivity index (χ2v) is 8.57. The highest BCUT2D eigenvalue weighted by atomic mass is 35.5. The number of aromatic nitrogens is 1. The fourth-order valence-corrected chi connectivity index (χ4v) is 3.72. The van der Waals surface area contributed by atoms with Gasteiger partial charge in [0.2, 0.25) is 0 Å². The van der Waals surface area contributed by atoms with Crippen LogP contribution in [0.4, 0.5) is 0 Å². The minimum atomic E-state index is -1.28. The second-order valence-electron chi connectivity index (χ2n) is 8.16. The maximum Gasteiger partial charge on any atom is 0.341 e. The Labute approximate surface area is 193 Å². The fraction of sp³-hybridized carbons (Fsp3) is 0.500. The van der Waals surface area contributed by atoms with Crippen LogP contribution in [-0.4, -0.2) is 43.0 Å². The summed E-state index contributed by atoms with van der Waals surface area (Å²) in [6.07, 6.45) is 2.52. The summed E-state index contributed by atoms with van der Waals surface area (Å²) in [5.74, 6) is -0.744. The van der Waals surface area contributed by atoms with E-state index < -0.39 is 11.4 Å². The Kier molecular flexibility index (Phi) is 9.31. The van der Waals surface area contributed by atoms with E-state index in [0.717, 1.165) is 18.4 Å². The molecule has 0 saturated carbocycles. The van der Waals surface area contributed by atoms with Crippen LogP contribution in [0.25, 0.3) is 11.3 Å². The zero-order valence-electron chi connectivity index (χ0n) is 19.3. The zero-order chi connectivity index (χ0) is 23.9. The Morgan fingerprint density at radius 2 is 2.00 bits per heavy atom. The monoisotopic (exact) mass is 465 g/mol. The van der Waals surface area contributed by atoms with E-state index in [1.54, 1.807) is 13.2 Å². The van der Waals surface area contributed by atoms with E-state index in [1.165, 1.54) is 12.3 Å². The summed E-state index contributed by atoms with van der Waals surface area (Å²) in [5, 5.41) is 9.52. The number of ether oxygens (including phenoxy) is 3. The van der Waals surface area contributed by atoms with Gasteiger partial charge in [-0.25, -0.2) is 4.79 Å². The molecule has 0 amide bonds. The second kappa shape index (κ2) is 11.5. The Morgan fingerprint density at radius 3 is 2.56 bits per heavy atom. The van der Waals surface area contributed by atoms with Gasteiger partial charge in [-0.2, -0.15) is 0 Å². The third-order valence-corrected chi connectivity index (χ3v) is 5.34. The number of benzene rings is 1. The van der Waals surface area contributed by atoms with E-state index in [2.05, 4.69) is 18.8 Å². The van der Waals surface area contributed by atoms with E-state index in [4.69, 9.17) is 30.9 Å². The molecular formula is C24H32ClNO6. The van der Waals surface area contributed by atoms with Crippen LogP contribution < -0.4 is 10.2 Å². The molecule has 8 heteroatoms. The Hall–Kier alpha value is -2.35. The number of carboxylic acid groups (broad SMARTS) is 1. The van der Waals surface area contributed by atoms with Crippen LogP contribution in [0.2, 0.25) is 5.02 Å². The lowest BCUT2D eigenvalue weighted by molar-refractivity contribution is 0.0695. The van der Waals surface area contributed by atoms with Crippen molar-refractivity contribution in [2.75, 3.05) is 26.9 Å². The Bertz CT molecular complexity index is 985. The van der Waals surface area contributed by atoms with E-state index in [0.29, 0.717) is 41.9 Å². The molecule has 0 radical (unpaired) electrons. The third-order valence-electron chi connectivity index (χ3n) is 5.05. The first-order chi connectivity index (χ1) is 15.2. The van der Waals surface area contributed by atoms with Crippen LogP contribution in [-0.2, 0) is 9.47 Å². The minimum absolute atomic E-state index is 0.0155. The number of carboxylic acids is 1. The molecule has 1 aliphatic heterocycles. The van der Waals surface area contributed by atoms with Gasteiger partial charge >= 0.3 is 5.97 Å². The molecule has 0 aliphatic carbocycles. The number of hydrogen-bond donors (Lipinski definition) is 2. The molecule has 2 N–H and O–H groups in total. The number of aromatic carboxylic acids is 1. The highest BCUT2D eigenvalue weighted by Crippen LogP contribution is 2.45. The standard InChI is InChI=1S/C22H26ClNO6.C2H6/c1-22(2)10-20(30-12-22)14-8-19(29-6-4-5-28-3)16(23)7-13(14)17-9-18(25)15(11-24-17)21(26)27;1-2/h7-9,11,20H,4-6,10,12H2,1-3H3,(H,24,25)(H,26,27);1-2H3/t20-;/m0./s1. The molecular weight excluding hydrogens is 434 g/mol. The SMILES string of the molecule is CC.COCCCOc1cc([C@@H]2CC(C)(C)CO2)c(-c2cc(=O)c(C(=O)O)c[nH]2)cc1Cl. The summed E-state index contributed by atoms with van der Waals surface area (Å²) in [6, 6.07) is 4.85. The quantitative estimate of drug-likeness (QED) is 0.512. The lowest BCUT2D eigenvalue weighted by Gasteiger charge is -2.19. The van der Waals surface area contributed by atoms with Crippen molar-refractivity contribution >= 4 is 17.6 Å². The molecule has 1 aromatic heterocycles. The number of aromatic amines is 1. The van der Waals surface area contributed by atoms with Crippen LogP contribution in [0.5, 0.6) is 5.75 Å². The number of methoxy groups -OCH3 is 1. The summed E-state index contributed by atoms with van der Waals surface area (Å²) < 4.78 is 16.9. The van der Waals surface area contributed by atoms with Gasteiger partial charge in [-0.15, -0.1) is 0 Å². The van der Waals surface area contributed by atoms with E-state index in [1.807, 2.05) is 19.9 Å². The van der Waals surface area contributed by atoms with Crippen molar-refractivity contribution in [1.29, 1.82) is 0 Å². The molecule has 7 nitrogen and oxygen atoms in total. The number of nitrogens with one attached hydrogen (secondary N) is 1. The first kappa shape index (κ1) is 25.9. The Balaban J connectivity index is 0.00000176. The van der Waals surface area contributed by atoms with Crippen LogP contribution >= 0.6 is 11.6 Å². The van der Waals surface area contributed by atoms with Crippen LogP contribution in [0.3, 0.4) is 0 Å². The predicted molar refractivity (Wildman–Crippen MR) is 125 cm³/mol. The summed E-state index contributed by atoms with van der Waals surface area (Å²) >= 11 is 6.47. The highest BCUT2D eigenvalue weighted by Gasteiger charge is 2.34. The summed E-state index contributed by atoms with van der Waals surface area (Å²) in [5.41, 5.74) is 1.11. The van der Waals surface area contributed by atoms with Crippen molar-refractivity contribution < 1.29 is 24.1 Å². The fourth-order valence-electron chi connectivity index (χ4n) is 3.50. The topological polar surface area (TPSA) is 97.8 Å². The van der Waals surface area contributed by atoms with E-state index in [-0.39, 0.29) is 17.1 Å². The molecule has 1 saturated heterocycles. The van der Waals surface area contributed by atoms with Crippen LogP contribution in [0, 0.1) is 5.41 Å². The summed E-state index contributed by atoms with van der Waals surface area (Å²) in [7, 11) is 1.63. The average Bonchev–Trinajstić information content (AvgIpc) is 3.12. The number of carbonyl (C=O) groups is 1. The summed E-state index contributed by atoms with van der Waals surface area (Å²) in [4.78, 5) is 26.3. The van der Waals surface area contributed by atoms with E-state index in [9.17, 15) is 9.59 Å². The van der Waals surface area contributed by atoms with Crippen molar-refractivity contribution in [3.8, 4) is 17.0 Å². The van der Waals surface area contributed by atoms with Crippen molar-refractivity contribution in [1.82, 2.24) is 4.98 Å². The lowest BCUT2D eigenvalue weighted by atomic mass is 9.87. The van der Waals surface area contributed by atoms with Gasteiger partial charge in [0.05, 0.1) is 24.3 Å². The van der Waals surface area contributed by atoms with Crippen molar-refractivity contribution in [2.45, 2.75) is 46.6 Å².